The molecule has 3 N–H and O–H groups in total. The van der Waals surface area contributed by atoms with Gasteiger partial charge < -0.3 is 19.9 Å². The number of hydrogen-bond acceptors (Lipinski definition) is 5. The van der Waals surface area contributed by atoms with E-state index >= 15 is 0 Å². The highest BCUT2D eigenvalue weighted by atomic mass is 19.1. The van der Waals surface area contributed by atoms with Crippen molar-refractivity contribution in [1.29, 1.82) is 5.41 Å². The number of imidazole rings is 1. The fraction of sp³-hybridized carbons (Fsp3) is 0.348. The quantitative estimate of drug-likeness (QED) is 0.707. The van der Waals surface area contributed by atoms with E-state index in [9.17, 15) is 9.18 Å². The number of amides is 1. The average Bonchev–Trinajstić information content (AvgIpc) is 3.11. The van der Waals surface area contributed by atoms with E-state index < -0.39 is 11.7 Å². The van der Waals surface area contributed by atoms with Crippen LogP contribution in [0.15, 0.2) is 53.5 Å². The molecule has 2 aromatic heterocycles. The third kappa shape index (κ3) is 4.16. The van der Waals surface area contributed by atoms with Gasteiger partial charge in [-0.15, -0.1) is 0 Å². The molecule has 8 heteroatoms. The maximum Gasteiger partial charge on any atom is 0.257 e. The monoisotopic (exact) mass is 422 g/mol. The lowest BCUT2D eigenvalue weighted by Gasteiger charge is -2.32. The molecule has 1 fully saturated rings. The molecule has 0 saturated carbocycles. The van der Waals surface area contributed by atoms with Gasteiger partial charge in [0.2, 0.25) is 0 Å². The number of likely N-dealkylation sites (tertiary alicyclic amines) is 1. The van der Waals surface area contributed by atoms with Crippen molar-refractivity contribution in [2.24, 2.45) is 5.92 Å². The van der Waals surface area contributed by atoms with Crippen molar-refractivity contribution >= 4 is 23.0 Å². The Morgan fingerprint density at radius 3 is 2.74 bits per heavy atom. The van der Waals surface area contributed by atoms with Gasteiger partial charge in [-0.25, -0.2) is 9.37 Å². The highest BCUT2D eigenvalue weighted by molar-refractivity contribution is 6.31. The lowest BCUT2D eigenvalue weighted by Crippen LogP contribution is -2.33. The minimum absolute atomic E-state index is 0.170. The lowest BCUT2D eigenvalue weighted by atomic mass is 9.79. The van der Waals surface area contributed by atoms with E-state index in [0.29, 0.717) is 17.3 Å². The zero-order valence-electron chi connectivity index (χ0n) is 18.0. The van der Waals surface area contributed by atoms with E-state index in [4.69, 9.17) is 5.41 Å². The Morgan fingerprint density at radius 2 is 2.03 bits per heavy atom. The summed E-state index contributed by atoms with van der Waals surface area (Å²) in [5.41, 5.74) is 3.45. The largest absolute Gasteiger partial charge is 0.393 e. The second kappa shape index (κ2) is 8.47. The Morgan fingerprint density at radius 1 is 1.29 bits per heavy atom. The van der Waals surface area contributed by atoms with Gasteiger partial charge in [-0.2, -0.15) is 0 Å². The topological polar surface area (TPSA) is 85.5 Å². The summed E-state index contributed by atoms with van der Waals surface area (Å²) in [6, 6.07) is 1.25. The minimum atomic E-state index is -0.515. The Kier molecular flexibility index (Phi) is 5.73. The number of anilines is 1. The molecule has 1 saturated heterocycles. The third-order valence-electron chi connectivity index (χ3n) is 5.86. The maximum absolute atomic E-state index is 14.4. The van der Waals surface area contributed by atoms with Crippen molar-refractivity contribution in [3.63, 3.8) is 0 Å². The Balaban J connectivity index is 1.60. The maximum atomic E-state index is 14.4. The van der Waals surface area contributed by atoms with Crippen molar-refractivity contribution in [1.82, 2.24) is 19.6 Å². The first-order valence-corrected chi connectivity index (χ1v) is 10.4. The number of rotatable bonds is 4. The van der Waals surface area contributed by atoms with E-state index in [1.54, 1.807) is 43.0 Å². The summed E-state index contributed by atoms with van der Waals surface area (Å²) >= 11 is 0. The summed E-state index contributed by atoms with van der Waals surface area (Å²) in [7, 11) is 3.90. The number of carbonyl (C=O) groups is 1. The molecule has 0 atom stereocenters. The summed E-state index contributed by atoms with van der Waals surface area (Å²) in [6.07, 6.45) is 10.8. The van der Waals surface area contributed by atoms with Gasteiger partial charge in [-0.3, -0.25) is 10.2 Å². The van der Waals surface area contributed by atoms with Crippen LogP contribution in [0.4, 0.5) is 10.1 Å². The van der Waals surface area contributed by atoms with Gasteiger partial charge >= 0.3 is 0 Å². The van der Waals surface area contributed by atoms with Gasteiger partial charge in [0.25, 0.3) is 5.91 Å². The van der Waals surface area contributed by atoms with Crippen LogP contribution < -0.4 is 10.6 Å². The number of fused-ring (bicyclic) bond motifs is 1. The number of piperidine rings is 1. The summed E-state index contributed by atoms with van der Waals surface area (Å²) in [4.78, 5) is 19.4. The SMILES string of the molecule is CN/C=C1\C(=N)C(C(=O)Nc2cc(F)c3nc(C)cn3c2)=CC=C1C1CCN(C)CC1. The molecule has 3 heterocycles. The van der Waals surface area contributed by atoms with Gasteiger partial charge in [0, 0.05) is 37.3 Å². The highest BCUT2D eigenvalue weighted by Crippen LogP contribution is 2.33. The first-order chi connectivity index (χ1) is 14.9. The molecular weight excluding hydrogens is 395 g/mol. The Hall–Kier alpha value is -3.26. The Labute approximate surface area is 180 Å². The number of allylic oxidation sites excluding steroid dienone is 4. The summed E-state index contributed by atoms with van der Waals surface area (Å²) in [5, 5.41) is 14.4. The van der Waals surface area contributed by atoms with E-state index in [1.807, 2.05) is 6.08 Å². The molecule has 162 valence electrons. The number of aryl methyl sites for hydroxylation is 1. The molecule has 0 aromatic carbocycles. The van der Waals surface area contributed by atoms with Crippen LogP contribution in [-0.4, -0.2) is 53.1 Å². The third-order valence-corrected chi connectivity index (χ3v) is 5.86. The average molecular weight is 423 g/mol. The van der Waals surface area contributed by atoms with E-state index in [2.05, 4.69) is 27.6 Å². The van der Waals surface area contributed by atoms with Gasteiger partial charge in [0.1, 0.15) is 0 Å². The molecule has 0 bridgehead atoms. The molecule has 7 nitrogen and oxygen atoms in total. The molecule has 1 aliphatic carbocycles. The minimum Gasteiger partial charge on any atom is -0.393 e. The van der Waals surface area contributed by atoms with Crippen LogP contribution in [0, 0.1) is 24.1 Å². The van der Waals surface area contributed by atoms with Crippen LogP contribution in [0.3, 0.4) is 0 Å². The fourth-order valence-corrected chi connectivity index (χ4v) is 4.25. The predicted octanol–water partition coefficient (Wildman–Crippen LogP) is 3.05. The summed E-state index contributed by atoms with van der Waals surface area (Å²) in [5.74, 6) is -0.599. The molecule has 2 aliphatic rings. The fourth-order valence-electron chi connectivity index (χ4n) is 4.25. The van der Waals surface area contributed by atoms with Crippen molar-refractivity contribution in [3.05, 3.63) is 65.0 Å². The first kappa shape index (κ1) is 21.0. The molecule has 2 aromatic rings. The standard InChI is InChI=1S/C23H27FN6O/c1-14-12-30-13-16(10-20(24)22(30)27-14)28-23(31)18-5-4-17(19(11-26-2)21(18)25)15-6-8-29(3)9-7-15/h4-5,10-13,15,25-26H,6-9H2,1-3H3,(H,28,31)/b19-11-,25-21?. The van der Waals surface area contributed by atoms with E-state index in [1.165, 1.54) is 6.07 Å². The van der Waals surface area contributed by atoms with Gasteiger partial charge in [-0.05, 0) is 57.5 Å². The van der Waals surface area contributed by atoms with Crippen LogP contribution in [0.5, 0.6) is 0 Å². The van der Waals surface area contributed by atoms with Crippen molar-refractivity contribution in [3.8, 4) is 0 Å². The van der Waals surface area contributed by atoms with Gasteiger partial charge in [0.05, 0.1) is 22.7 Å². The smallest absolute Gasteiger partial charge is 0.257 e. The van der Waals surface area contributed by atoms with E-state index in [0.717, 1.165) is 37.1 Å². The Bertz CT molecular complexity index is 1130. The van der Waals surface area contributed by atoms with Crippen LogP contribution in [0.2, 0.25) is 0 Å². The second-order valence-corrected chi connectivity index (χ2v) is 8.15. The number of halogens is 1. The van der Waals surface area contributed by atoms with Crippen molar-refractivity contribution < 1.29 is 9.18 Å². The molecule has 0 radical (unpaired) electrons. The zero-order valence-corrected chi connectivity index (χ0v) is 18.0. The zero-order chi connectivity index (χ0) is 22.1. The van der Waals surface area contributed by atoms with Gasteiger partial charge in [0.15, 0.2) is 11.5 Å². The molecule has 0 spiro atoms. The second-order valence-electron chi connectivity index (χ2n) is 8.15. The number of hydrogen-bond donors (Lipinski definition) is 3. The summed E-state index contributed by atoms with van der Waals surface area (Å²) < 4.78 is 15.9. The van der Waals surface area contributed by atoms with Crippen molar-refractivity contribution in [2.75, 3.05) is 32.5 Å². The van der Waals surface area contributed by atoms with Crippen LogP contribution in [-0.2, 0) is 4.79 Å². The normalized spacial score (nSPS) is 19.5. The molecule has 4 rings (SSSR count). The van der Waals surface area contributed by atoms with E-state index in [-0.39, 0.29) is 16.9 Å². The molecule has 1 aliphatic heterocycles. The summed E-state index contributed by atoms with van der Waals surface area (Å²) in [6.45, 7) is 3.81. The van der Waals surface area contributed by atoms with Crippen LogP contribution in [0.1, 0.15) is 18.5 Å². The molecule has 1 amide bonds. The first-order valence-electron chi connectivity index (χ1n) is 10.4. The molecule has 0 unspecified atom stereocenters. The van der Waals surface area contributed by atoms with Crippen LogP contribution in [0.25, 0.3) is 5.65 Å². The number of nitrogens with one attached hydrogen (secondary N) is 3. The number of carbonyl (C=O) groups excluding carboxylic acids is 1. The van der Waals surface area contributed by atoms with Crippen LogP contribution >= 0.6 is 0 Å². The lowest BCUT2D eigenvalue weighted by molar-refractivity contribution is -0.112. The number of pyridine rings is 1. The number of nitrogens with zero attached hydrogens (tertiary/aromatic N) is 3. The van der Waals surface area contributed by atoms with Crippen molar-refractivity contribution in [2.45, 2.75) is 19.8 Å². The number of aromatic nitrogens is 2. The highest BCUT2D eigenvalue weighted by Gasteiger charge is 2.29. The molecule has 31 heavy (non-hydrogen) atoms. The van der Waals surface area contributed by atoms with Gasteiger partial charge in [-0.1, -0.05) is 6.08 Å². The molecular formula is C23H27FN6O. The predicted molar refractivity (Wildman–Crippen MR) is 120 cm³/mol.